The predicted octanol–water partition coefficient (Wildman–Crippen LogP) is 5.84. The smallest absolute Gasteiger partial charge is 0.247 e. The number of anilines is 1. The Balaban J connectivity index is 2.08. The van der Waals surface area contributed by atoms with E-state index in [0.29, 0.717) is 12.8 Å². The van der Waals surface area contributed by atoms with Gasteiger partial charge in [0.15, 0.2) is 0 Å². The zero-order valence-electron chi connectivity index (χ0n) is 15.2. The van der Waals surface area contributed by atoms with Crippen LogP contribution in [0.4, 0.5) is 5.69 Å². The Bertz CT molecular complexity index is 923. The Morgan fingerprint density at radius 2 is 1.48 bits per heavy atom. The van der Waals surface area contributed by atoms with Crippen molar-refractivity contribution in [2.45, 2.75) is 19.8 Å². The minimum atomic E-state index is -0.0524. The van der Waals surface area contributed by atoms with Gasteiger partial charge in [-0.25, -0.2) is 0 Å². The van der Waals surface area contributed by atoms with Crippen LogP contribution in [-0.2, 0) is 11.2 Å². The number of carbonyl (C=O) groups excluding carboxylic acids is 1. The number of halogens is 1. The molecule has 3 rings (SSSR count). The normalized spacial score (nSPS) is 11.3. The molecule has 27 heavy (non-hydrogen) atoms. The molecule has 0 aromatic heterocycles. The summed E-state index contributed by atoms with van der Waals surface area (Å²) in [5.74, 6) is -0.0524. The fourth-order valence-electron chi connectivity index (χ4n) is 2.75. The van der Waals surface area contributed by atoms with E-state index in [2.05, 4.69) is 28.1 Å². The monoisotopic (exact) mass is 420 g/mol. The van der Waals surface area contributed by atoms with E-state index in [1.54, 1.807) is 0 Å². The Hall–Kier alpha value is -2.72. The van der Waals surface area contributed by atoms with Gasteiger partial charge >= 0.3 is 0 Å². The summed E-state index contributed by atoms with van der Waals surface area (Å²) in [6.07, 6.45) is 1.01. The first kappa shape index (κ1) is 19.1. The molecule has 0 unspecified atom stereocenters. The number of hydrogen-bond acceptors (Lipinski definition) is 2. The number of rotatable bonds is 6. The zero-order valence-corrected chi connectivity index (χ0v) is 16.8. The van der Waals surface area contributed by atoms with Crippen LogP contribution in [0.1, 0.15) is 24.5 Å². The van der Waals surface area contributed by atoms with E-state index in [4.69, 9.17) is 5.10 Å². The fourth-order valence-corrected chi connectivity index (χ4v) is 3.21. The molecule has 4 heteroatoms. The molecule has 3 nitrogen and oxygen atoms in total. The van der Waals surface area contributed by atoms with Crippen molar-refractivity contribution in [3.05, 3.63) is 101 Å². The van der Waals surface area contributed by atoms with Crippen molar-refractivity contribution < 1.29 is 4.79 Å². The summed E-state index contributed by atoms with van der Waals surface area (Å²) in [6.45, 7) is 1.85. The van der Waals surface area contributed by atoms with Crippen LogP contribution in [0.3, 0.4) is 0 Å². The first-order chi connectivity index (χ1) is 13.2. The molecule has 0 bridgehead atoms. The second-order valence-corrected chi connectivity index (χ2v) is 6.94. The molecule has 0 heterocycles. The van der Waals surface area contributed by atoms with E-state index in [0.717, 1.165) is 27.0 Å². The molecule has 0 N–H and O–H groups in total. The second-order valence-electron chi connectivity index (χ2n) is 6.09. The SMILES string of the molecule is CCC(=O)N(/N=C(\Cc1ccccc1)c1ccccc1)c1ccccc1Br. The van der Waals surface area contributed by atoms with Crippen molar-refractivity contribution in [3.8, 4) is 0 Å². The lowest BCUT2D eigenvalue weighted by Gasteiger charge is -2.20. The number of para-hydroxylation sites is 1. The van der Waals surface area contributed by atoms with Crippen LogP contribution in [0.25, 0.3) is 0 Å². The van der Waals surface area contributed by atoms with Crippen molar-refractivity contribution in [2.24, 2.45) is 5.10 Å². The van der Waals surface area contributed by atoms with E-state index in [-0.39, 0.29) is 5.91 Å². The summed E-state index contributed by atoms with van der Waals surface area (Å²) in [7, 11) is 0. The molecule has 0 aliphatic rings. The van der Waals surface area contributed by atoms with Gasteiger partial charge in [-0.3, -0.25) is 4.79 Å². The molecule has 0 saturated heterocycles. The van der Waals surface area contributed by atoms with Gasteiger partial charge in [-0.05, 0) is 39.2 Å². The number of nitrogens with zero attached hydrogens (tertiary/aromatic N) is 2. The van der Waals surface area contributed by atoms with Gasteiger partial charge in [0, 0.05) is 17.3 Å². The van der Waals surface area contributed by atoms with E-state index >= 15 is 0 Å². The van der Waals surface area contributed by atoms with Gasteiger partial charge in [0.1, 0.15) is 0 Å². The summed E-state index contributed by atoms with van der Waals surface area (Å²) in [5.41, 5.74) is 3.74. The lowest BCUT2D eigenvalue weighted by molar-refractivity contribution is -0.118. The van der Waals surface area contributed by atoms with Gasteiger partial charge in [-0.15, -0.1) is 0 Å². The maximum Gasteiger partial charge on any atom is 0.247 e. The van der Waals surface area contributed by atoms with Crippen molar-refractivity contribution in [1.82, 2.24) is 0 Å². The molecule has 0 aliphatic heterocycles. The molecule has 0 spiro atoms. The fraction of sp³-hybridized carbons (Fsp3) is 0.130. The van der Waals surface area contributed by atoms with E-state index in [1.165, 1.54) is 5.01 Å². The van der Waals surface area contributed by atoms with Gasteiger partial charge < -0.3 is 0 Å². The summed E-state index contributed by atoms with van der Waals surface area (Å²) in [5, 5.41) is 6.32. The summed E-state index contributed by atoms with van der Waals surface area (Å²) in [4.78, 5) is 12.7. The summed E-state index contributed by atoms with van der Waals surface area (Å²) < 4.78 is 0.836. The van der Waals surface area contributed by atoms with E-state index in [9.17, 15) is 4.79 Å². The molecular formula is C23H21BrN2O. The van der Waals surface area contributed by atoms with E-state index < -0.39 is 0 Å². The van der Waals surface area contributed by atoms with Crippen LogP contribution in [0.5, 0.6) is 0 Å². The first-order valence-corrected chi connectivity index (χ1v) is 9.72. The number of amides is 1. The number of carbonyl (C=O) groups is 1. The molecule has 0 saturated carbocycles. The average molecular weight is 421 g/mol. The van der Waals surface area contributed by atoms with Crippen molar-refractivity contribution in [3.63, 3.8) is 0 Å². The lowest BCUT2D eigenvalue weighted by atomic mass is 10.0. The van der Waals surface area contributed by atoms with Gasteiger partial charge in [-0.1, -0.05) is 79.7 Å². The zero-order chi connectivity index (χ0) is 19.1. The third kappa shape index (κ3) is 4.92. The minimum Gasteiger partial charge on any atom is -0.273 e. The summed E-state index contributed by atoms with van der Waals surface area (Å²) >= 11 is 3.54. The molecule has 1 amide bonds. The molecule has 0 aliphatic carbocycles. The van der Waals surface area contributed by atoms with Crippen LogP contribution in [0.2, 0.25) is 0 Å². The Labute approximate surface area is 168 Å². The molecule has 3 aromatic carbocycles. The van der Waals surface area contributed by atoms with Crippen LogP contribution in [-0.4, -0.2) is 11.6 Å². The Morgan fingerprint density at radius 3 is 2.11 bits per heavy atom. The van der Waals surface area contributed by atoms with Crippen molar-refractivity contribution in [1.29, 1.82) is 0 Å². The van der Waals surface area contributed by atoms with Gasteiger partial charge in [0.2, 0.25) is 5.91 Å². The molecule has 3 aromatic rings. The summed E-state index contributed by atoms with van der Waals surface area (Å²) in [6, 6.07) is 27.8. The lowest BCUT2D eigenvalue weighted by Crippen LogP contribution is -2.27. The molecular weight excluding hydrogens is 400 g/mol. The third-order valence-electron chi connectivity index (χ3n) is 4.16. The Morgan fingerprint density at radius 1 is 0.889 bits per heavy atom. The van der Waals surface area contributed by atoms with Crippen LogP contribution in [0.15, 0.2) is 94.5 Å². The van der Waals surface area contributed by atoms with Crippen molar-refractivity contribution in [2.75, 3.05) is 5.01 Å². The third-order valence-corrected chi connectivity index (χ3v) is 4.83. The van der Waals surface area contributed by atoms with Crippen LogP contribution >= 0.6 is 15.9 Å². The van der Waals surface area contributed by atoms with Crippen LogP contribution in [0, 0.1) is 0 Å². The van der Waals surface area contributed by atoms with Gasteiger partial charge in [0.25, 0.3) is 0 Å². The van der Waals surface area contributed by atoms with Crippen molar-refractivity contribution >= 4 is 33.2 Å². The number of hydrazone groups is 1. The average Bonchev–Trinajstić information content (AvgIpc) is 2.72. The number of benzene rings is 3. The topological polar surface area (TPSA) is 32.7 Å². The second kappa shape index (κ2) is 9.28. The van der Waals surface area contributed by atoms with E-state index in [1.807, 2.05) is 79.7 Å². The highest BCUT2D eigenvalue weighted by Gasteiger charge is 2.18. The maximum atomic E-state index is 12.7. The predicted molar refractivity (Wildman–Crippen MR) is 115 cm³/mol. The number of hydrogen-bond donors (Lipinski definition) is 0. The highest BCUT2D eigenvalue weighted by molar-refractivity contribution is 9.10. The maximum absolute atomic E-state index is 12.7. The van der Waals surface area contributed by atoms with Crippen LogP contribution < -0.4 is 5.01 Å². The standard InChI is InChI=1S/C23H21BrN2O/c1-2-23(27)26(22-16-10-9-15-20(22)24)25-21(19-13-7-4-8-14-19)17-18-11-5-3-6-12-18/h3-16H,2,17H2,1H3/b25-21+. The quantitative estimate of drug-likeness (QED) is 0.364. The van der Waals surface area contributed by atoms with Gasteiger partial charge in [-0.2, -0.15) is 10.1 Å². The molecule has 0 atom stereocenters. The Kier molecular flexibility index (Phi) is 6.55. The minimum absolute atomic E-state index is 0.0524. The molecule has 0 radical (unpaired) electrons. The highest BCUT2D eigenvalue weighted by atomic mass is 79.9. The molecule has 0 fully saturated rings. The first-order valence-electron chi connectivity index (χ1n) is 8.93. The molecule has 136 valence electrons. The van der Waals surface area contributed by atoms with Gasteiger partial charge in [0.05, 0.1) is 11.4 Å². The largest absolute Gasteiger partial charge is 0.273 e. The highest BCUT2D eigenvalue weighted by Crippen LogP contribution is 2.27.